The molecule has 138 valence electrons. The van der Waals surface area contributed by atoms with Crippen LogP contribution >= 0.6 is 0 Å². The summed E-state index contributed by atoms with van der Waals surface area (Å²) in [7, 11) is 0. The van der Waals surface area contributed by atoms with E-state index in [0.717, 1.165) is 27.6 Å². The Morgan fingerprint density at radius 3 is 2.50 bits per heavy atom. The van der Waals surface area contributed by atoms with Crippen molar-refractivity contribution >= 4 is 40.0 Å². The summed E-state index contributed by atoms with van der Waals surface area (Å²) in [5, 5.41) is 16.5. The number of amidine groups is 1. The summed E-state index contributed by atoms with van der Waals surface area (Å²) in [5.41, 5.74) is 8.43. The first kappa shape index (κ1) is 17.3. The van der Waals surface area contributed by atoms with Gasteiger partial charge in [0.25, 0.3) is 5.84 Å². The van der Waals surface area contributed by atoms with E-state index in [0.29, 0.717) is 5.69 Å². The number of carbonyl (C=O) groups is 2. The van der Waals surface area contributed by atoms with Gasteiger partial charge in [-0.3, -0.25) is 21.0 Å². The van der Waals surface area contributed by atoms with Crippen molar-refractivity contribution in [2.75, 3.05) is 11.4 Å². The van der Waals surface area contributed by atoms with Gasteiger partial charge in [0.1, 0.15) is 0 Å². The van der Waals surface area contributed by atoms with E-state index in [9.17, 15) is 9.59 Å². The third-order valence-electron chi connectivity index (χ3n) is 4.55. The second-order valence-corrected chi connectivity index (χ2v) is 6.37. The molecular weight excluding hydrogens is 358 g/mol. The van der Waals surface area contributed by atoms with Gasteiger partial charge < -0.3 is 5.11 Å². The number of amides is 2. The number of anilines is 1. The van der Waals surface area contributed by atoms with Gasteiger partial charge in [-0.1, -0.05) is 18.2 Å². The van der Waals surface area contributed by atoms with E-state index in [1.807, 2.05) is 36.4 Å². The Hall–Kier alpha value is -4.07. The Kier molecular flexibility index (Phi) is 4.08. The zero-order valence-electron chi connectivity index (χ0n) is 14.7. The Bertz CT molecular complexity index is 1170. The number of pyridine rings is 1. The number of nitrogens with two attached hydrogens (primary N) is 2. The average molecular weight is 374 g/mol. The number of rotatable bonds is 4. The molecule has 0 unspecified atom stereocenters. The van der Waals surface area contributed by atoms with Crippen molar-refractivity contribution in [1.82, 2.24) is 4.98 Å². The molecule has 8 heteroatoms. The van der Waals surface area contributed by atoms with E-state index >= 15 is 0 Å². The lowest BCUT2D eigenvalue weighted by molar-refractivity contribution is -0.129. The van der Waals surface area contributed by atoms with Crippen LogP contribution in [-0.2, 0) is 4.79 Å². The van der Waals surface area contributed by atoms with Crippen LogP contribution in [0.4, 0.5) is 10.5 Å². The quantitative estimate of drug-likeness (QED) is 0.459. The van der Waals surface area contributed by atoms with E-state index in [4.69, 9.17) is 16.2 Å². The molecule has 2 aromatic carbocycles. The molecule has 0 spiro atoms. The van der Waals surface area contributed by atoms with E-state index in [1.165, 1.54) is 4.90 Å². The molecule has 4 rings (SSSR count). The van der Waals surface area contributed by atoms with Crippen LogP contribution in [0.15, 0.2) is 59.7 Å². The lowest BCUT2D eigenvalue weighted by Crippen LogP contribution is -2.46. The van der Waals surface area contributed by atoms with Gasteiger partial charge in [-0.2, -0.15) is 4.99 Å². The van der Waals surface area contributed by atoms with Gasteiger partial charge in [-0.25, -0.2) is 9.59 Å². The molecule has 0 fully saturated rings. The molecule has 0 bridgehead atoms. The molecule has 2 heterocycles. The fraction of sp³-hybridized carbons (Fsp3) is 0.0500. The van der Waals surface area contributed by atoms with Gasteiger partial charge in [0, 0.05) is 22.8 Å². The van der Waals surface area contributed by atoms with Crippen molar-refractivity contribution in [3.05, 3.63) is 60.3 Å². The van der Waals surface area contributed by atoms with Crippen LogP contribution < -0.4 is 16.0 Å². The fourth-order valence-electron chi connectivity index (χ4n) is 3.04. The van der Waals surface area contributed by atoms with Crippen molar-refractivity contribution in [3.8, 4) is 11.3 Å². The minimum absolute atomic E-state index is 0.0502. The summed E-state index contributed by atoms with van der Waals surface area (Å²) in [6.07, 6.45) is 1.75. The summed E-state index contributed by atoms with van der Waals surface area (Å²) < 4.78 is 0. The molecule has 8 nitrogen and oxygen atoms in total. The minimum Gasteiger partial charge on any atom is -0.477 e. The minimum atomic E-state index is -1.19. The van der Waals surface area contributed by atoms with Gasteiger partial charge in [0.05, 0.1) is 17.8 Å². The summed E-state index contributed by atoms with van der Waals surface area (Å²) in [6.45, 7) is -0.0502. The zero-order chi connectivity index (χ0) is 19.8. The van der Waals surface area contributed by atoms with Crippen molar-refractivity contribution in [2.24, 2.45) is 10.7 Å². The highest BCUT2D eigenvalue weighted by Crippen LogP contribution is 2.26. The van der Waals surface area contributed by atoms with Crippen LogP contribution in [0, 0.1) is 0 Å². The molecule has 28 heavy (non-hydrogen) atoms. The van der Waals surface area contributed by atoms with Crippen molar-refractivity contribution in [1.29, 1.82) is 0 Å². The van der Waals surface area contributed by atoms with Crippen LogP contribution in [-0.4, -0.2) is 40.2 Å². The number of aromatic nitrogens is 1. The maximum absolute atomic E-state index is 11.9. The fourth-order valence-corrected chi connectivity index (χ4v) is 3.04. The SMILES string of the molecule is NC(=[NH2+])c1ccc2cc(-c3ccc(N4CC(C(=O)O)=NC4=O)cc3)ncc2c1. The first-order valence-electron chi connectivity index (χ1n) is 8.43. The first-order valence-corrected chi connectivity index (χ1v) is 8.43. The number of carboxylic acids is 1. The number of aliphatic carboxylic acids is 1. The number of carbonyl (C=O) groups excluding carboxylic acids is 1. The second-order valence-electron chi connectivity index (χ2n) is 6.37. The monoisotopic (exact) mass is 374 g/mol. The van der Waals surface area contributed by atoms with E-state index in [2.05, 4.69) is 9.98 Å². The third kappa shape index (κ3) is 3.07. The molecule has 5 N–H and O–H groups in total. The predicted octanol–water partition coefficient (Wildman–Crippen LogP) is 0.832. The summed E-state index contributed by atoms with van der Waals surface area (Å²) in [6, 6.07) is 14.2. The molecule has 1 aromatic heterocycles. The smallest absolute Gasteiger partial charge is 0.352 e. The van der Waals surface area contributed by atoms with Gasteiger partial charge in [0.2, 0.25) is 0 Å². The number of urea groups is 1. The number of hydrogen-bond acceptors (Lipinski definition) is 3. The number of nitrogens with zero attached hydrogens (tertiary/aromatic N) is 3. The molecular formula is C20H16N5O3+. The molecule has 0 atom stereocenters. The summed E-state index contributed by atoms with van der Waals surface area (Å²) >= 11 is 0. The van der Waals surface area contributed by atoms with Crippen LogP contribution in [0.2, 0.25) is 0 Å². The number of carboxylic acid groups (broad SMARTS) is 1. The molecule has 1 aliphatic rings. The molecule has 0 radical (unpaired) electrons. The molecule has 3 aromatic rings. The van der Waals surface area contributed by atoms with E-state index in [1.54, 1.807) is 18.3 Å². The Morgan fingerprint density at radius 1 is 1.11 bits per heavy atom. The maximum atomic E-state index is 11.9. The lowest BCUT2D eigenvalue weighted by atomic mass is 10.0. The first-order chi connectivity index (χ1) is 13.4. The van der Waals surface area contributed by atoms with E-state index in [-0.39, 0.29) is 18.1 Å². The van der Waals surface area contributed by atoms with Crippen molar-refractivity contribution in [3.63, 3.8) is 0 Å². The van der Waals surface area contributed by atoms with Gasteiger partial charge in [-0.05, 0) is 35.7 Å². The Labute approximate surface area is 159 Å². The number of hydrogen-bond donors (Lipinski definition) is 3. The van der Waals surface area contributed by atoms with Crippen LogP contribution in [0.1, 0.15) is 5.56 Å². The topological polar surface area (TPSA) is 134 Å². The predicted molar refractivity (Wildman–Crippen MR) is 105 cm³/mol. The normalized spacial score (nSPS) is 13.6. The highest BCUT2D eigenvalue weighted by atomic mass is 16.4. The molecule has 1 aliphatic heterocycles. The number of fused-ring (bicyclic) bond motifs is 1. The maximum Gasteiger partial charge on any atom is 0.352 e. The Balaban J connectivity index is 1.60. The highest BCUT2D eigenvalue weighted by Gasteiger charge is 2.28. The average Bonchev–Trinajstić information content (AvgIpc) is 3.09. The van der Waals surface area contributed by atoms with Gasteiger partial charge >= 0.3 is 12.0 Å². The largest absolute Gasteiger partial charge is 0.477 e. The molecule has 0 saturated carbocycles. The molecule has 0 saturated heterocycles. The van der Waals surface area contributed by atoms with Gasteiger partial charge in [0.15, 0.2) is 5.71 Å². The third-order valence-corrected chi connectivity index (χ3v) is 4.55. The van der Waals surface area contributed by atoms with Crippen molar-refractivity contribution < 1.29 is 20.1 Å². The van der Waals surface area contributed by atoms with Crippen LogP contribution in [0.3, 0.4) is 0 Å². The molecule has 2 amide bonds. The highest BCUT2D eigenvalue weighted by molar-refractivity contribution is 6.41. The standard InChI is InChI=1S/C20H15N5O3/c21-18(22)13-2-1-12-8-16(23-9-14(12)7-13)11-3-5-15(6-4-11)25-10-17(19(26)27)24-20(25)28/h1-9H,10H2,(H3,21,22)(H,26,27)/p+1. The summed E-state index contributed by atoms with van der Waals surface area (Å²) in [4.78, 5) is 32.3. The summed E-state index contributed by atoms with van der Waals surface area (Å²) in [5.74, 6) is -0.932. The van der Waals surface area contributed by atoms with E-state index < -0.39 is 12.0 Å². The van der Waals surface area contributed by atoms with Crippen LogP contribution in [0.5, 0.6) is 0 Å². The number of benzene rings is 2. The molecule has 0 aliphatic carbocycles. The lowest BCUT2D eigenvalue weighted by Gasteiger charge is -2.14. The zero-order valence-corrected chi connectivity index (χ0v) is 14.7. The van der Waals surface area contributed by atoms with Crippen molar-refractivity contribution in [2.45, 2.75) is 0 Å². The van der Waals surface area contributed by atoms with Gasteiger partial charge in [-0.15, -0.1) is 0 Å². The second kappa shape index (κ2) is 6.58. The van der Waals surface area contributed by atoms with Crippen LogP contribution in [0.25, 0.3) is 22.0 Å². The Morgan fingerprint density at radius 2 is 1.86 bits per heavy atom. The number of aliphatic imine (C=N–C) groups is 1.